The third-order valence-corrected chi connectivity index (χ3v) is 5.67. The number of thiophene rings is 1. The van der Waals surface area contributed by atoms with Gasteiger partial charge in [0.15, 0.2) is 0 Å². The predicted molar refractivity (Wildman–Crippen MR) is 78.9 cm³/mol. The standard InChI is InChI=1S/C15H21NO3S/c1-9-11(16-13(17)12-5-4-8-20-12)7-6-10(14(18)19)15(9,2)3/h4-5,8-11H,6-7H2,1-3H3,(H,16,17)(H,18,19). The smallest absolute Gasteiger partial charge is 0.307 e. The molecule has 0 saturated heterocycles. The van der Waals surface area contributed by atoms with Crippen LogP contribution in [0, 0.1) is 17.3 Å². The van der Waals surface area contributed by atoms with Gasteiger partial charge in [-0.25, -0.2) is 0 Å². The zero-order valence-corrected chi connectivity index (χ0v) is 12.9. The molecular formula is C15H21NO3S. The average Bonchev–Trinajstić information content (AvgIpc) is 2.88. The van der Waals surface area contributed by atoms with Crippen LogP contribution in [0.25, 0.3) is 0 Å². The van der Waals surface area contributed by atoms with Crippen molar-refractivity contribution in [2.45, 2.75) is 39.7 Å². The second-order valence-electron chi connectivity index (χ2n) is 6.14. The highest BCUT2D eigenvalue weighted by molar-refractivity contribution is 7.12. The molecule has 3 atom stereocenters. The molecule has 0 spiro atoms. The molecule has 0 radical (unpaired) electrons. The number of carboxylic acids is 1. The lowest BCUT2D eigenvalue weighted by molar-refractivity contribution is -0.150. The van der Waals surface area contributed by atoms with E-state index in [1.165, 1.54) is 11.3 Å². The third-order valence-electron chi connectivity index (χ3n) is 4.80. The van der Waals surface area contributed by atoms with Crippen LogP contribution in [0.3, 0.4) is 0 Å². The minimum atomic E-state index is -0.732. The second-order valence-corrected chi connectivity index (χ2v) is 7.08. The summed E-state index contributed by atoms with van der Waals surface area (Å²) < 4.78 is 0. The Labute approximate surface area is 123 Å². The minimum Gasteiger partial charge on any atom is -0.481 e. The molecule has 1 aromatic heterocycles. The molecule has 1 heterocycles. The first-order valence-electron chi connectivity index (χ1n) is 6.91. The fourth-order valence-electron chi connectivity index (χ4n) is 3.09. The van der Waals surface area contributed by atoms with Crippen LogP contribution < -0.4 is 5.32 Å². The van der Waals surface area contributed by atoms with Crippen molar-refractivity contribution < 1.29 is 14.7 Å². The highest BCUT2D eigenvalue weighted by Gasteiger charge is 2.46. The Morgan fingerprint density at radius 2 is 2.10 bits per heavy atom. The number of rotatable bonds is 3. The van der Waals surface area contributed by atoms with E-state index in [9.17, 15) is 14.7 Å². The summed E-state index contributed by atoms with van der Waals surface area (Å²) in [7, 11) is 0. The second kappa shape index (κ2) is 5.56. The zero-order chi connectivity index (χ0) is 14.9. The van der Waals surface area contributed by atoms with Crippen LogP contribution in [0.1, 0.15) is 43.3 Å². The van der Waals surface area contributed by atoms with Gasteiger partial charge in [0.05, 0.1) is 10.8 Å². The molecule has 1 amide bonds. The van der Waals surface area contributed by atoms with Crippen LogP contribution in [0.4, 0.5) is 0 Å². The van der Waals surface area contributed by atoms with Crippen LogP contribution in [-0.2, 0) is 4.79 Å². The molecule has 0 aromatic carbocycles. The average molecular weight is 295 g/mol. The Morgan fingerprint density at radius 1 is 1.40 bits per heavy atom. The number of nitrogens with one attached hydrogen (secondary N) is 1. The number of hydrogen-bond donors (Lipinski definition) is 2. The van der Waals surface area contributed by atoms with E-state index in [-0.39, 0.29) is 29.2 Å². The molecule has 2 rings (SSSR count). The first-order chi connectivity index (χ1) is 9.34. The third kappa shape index (κ3) is 2.73. The molecule has 2 N–H and O–H groups in total. The summed E-state index contributed by atoms with van der Waals surface area (Å²) in [6, 6.07) is 3.70. The lowest BCUT2D eigenvalue weighted by atomic mass is 9.61. The summed E-state index contributed by atoms with van der Waals surface area (Å²) in [5, 5.41) is 14.3. The SMILES string of the molecule is CC1C(NC(=O)c2cccs2)CCC(C(=O)O)C1(C)C. The predicted octanol–water partition coefficient (Wildman–Crippen LogP) is 3.00. The normalized spacial score (nSPS) is 28.9. The first kappa shape index (κ1) is 15.0. The van der Waals surface area contributed by atoms with Crippen LogP contribution in [-0.4, -0.2) is 23.0 Å². The van der Waals surface area contributed by atoms with E-state index in [4.69, 9.17) is 0 Å². The Bertz CT molecular complexity index is 495. The van der Waals surface area contributed by atoms with Crippen molar-refractivity contribution in [3.8, 4) is 0 Å². The number of aliphatic carboxylic acids is 1. The lowest BCUT2D eigenvalue weighted by Crippen LogP contribution is -2.52. The van der Waals surface area contributed by atoms with E-state index in [0.29, 0.717) is 11.3 Å². The topological polar surface area (TPSA) is 66.4 Å². The summed E-state index contributed by atoms with van der Waals surface area (Å²) in [5.74, 6) is -1.00. The maximum absolute atomic E-state index is 12.1. The summed E-state index contributed by atoms with van der Waals surface area (Å²) in [5.41, 5.74) is -0.322. The molecule has 3 unspecified atom stereocenters. The van der Waals surface area contributed by atoms with Gasteiger partial charge in [-0.2, -0.15) is 0 Å². The van der Waals surface area contributed by atoms with Crippen molar-refractivity contribution in [2.24, 2.45) is 17.3 Å². The van der Waals surface area contributed by atoms with Crippen molar-refractivity contribution in [1.29, 1.82) is 0 Å². The highest BCUT2D eigenvalue weighted by atomic mass is 32.1. The summed E-state index contributed by atoms with van der Waals surface area (Å²) in [6.45, 7) is 6.01. The summed E-state index contributed by atoms with van der Waals surface area (Å²) in [4.78, 5) is 24.2. The Morgan fingerprint density at radius 3 is 2.65 bits per heavy atom. The van der Waals surface area contributed by atoms with Gasteiger partial charge in [-0.1, -0.05) is 26.8 Å². The molecule has 1 aliphatic rings. The van der Waals surface area contributed by atoms with Crippen LogP contribution in [0.5, 0.6) is 0 Å². The highest BCUT2D eigenvalue weighted by Crippen LogP contribution is 2.45. The minimum absolute atomic E-state index is 0.0372. The molecule has 1 saturated carbocycles. The van der Waals surface area contributed by atoms with Gasteiger partial charge in [-0.05, 0) is 35.6 Å². The van der Waals surface area contributed by atoms with Gasteiger partial charge in [0.2, 0.25) is 0 Å². The maximum Gasteiger partial charge on any atom is 0.307 e. The van der Waals surface area contributed by atoms with Gasteiger partial charge >= 0.3 is 5.97 Å². The van der Waals surface area contributed by atoms with Crippen molar-refractivity contribution in [3.63, 3.8) is 0 Å². The summed E-state index contributed by atoms with van der Waals surface area (Å²) >= 11 is 1.42. The molecule has 110 valence electrons. The molecule has 1 aliphatic carbocycles. The Hall–Kier alpha value is -1.36. The first-order valence-corrected chi connectivity index (χ1v) is 7.79. The van der Waals surface area contributed by atoms with Crippen LogP contribution in [0.2, 0.25) is 0 Å². The molecule has 0 aliphatic heterocycles. The van der Waals surface area contributed by atoms with Crippen LogP contribution in [0.15, 0.2) is 17.5 Å². The van der Waals surface area contributed by atoms with Crippen molar-refractivity contribution >= 4 is 23.2 Å². The lowest BCUT2D eigenvalue weighted by Gasteiger charge is -2.46. The zero-order valence-electron chi connectivity index (χ0n) is 12.1. The number of carboxylic acid groups (broad SMARTS) is 1. The van der Waals surface area contributed by atoms with E-state index < -0.39 is 5.97 Å². The number of amides is 1. The molecule has 4 nitrogen and oxygen atoms in total. The van der Waals surface area contributed by atoms with Gasteiger partial charge < -0.3 is 10.4 Å². The molecule has 0 bridgehead atoms. The van der Waals surface area contributed by atoms with Gasteiger partial charge in [-0.15, -0.1) is 11.3 Å². The van der Waals surface area contributed by atoms with Gasteiger partial charge in [0.1, 0.15) is 0 Å². The quantitative estimate of drug-likeness (QED) is 0.901. The number of carbonyl (C=O) groups is 2. The molecule has 1 fully saturated rings. The molecule has 20 heavy (non-hydrogen) atoms. The largest absolute Gasteiger partial charge is 0.481 e. The maximum atomic E-state index is 12.1. The molecular weight excluding hydrogens is 274 g/mol. The van der Waals surface area contributed by atoms with E-state index >= 15 is 0 Å². The van der Waals surface area contributed by atoms with Crippen molar-refractivity contribution in [2.75, 3.05) is 0 Å². The summed E-state index contributed by atoms with van der Waals surface area (Å²) in [6.07, 6.45) is 1.33. The number of hydrogen-bond acceptors (Lipinski definition) is 3. The van der Waals surface area contributed by atoms with Gasteiger partial charge in [0, 0.05) is 6.04 Å². The van der Waals surface area contributed by atoms with Crippen LogP contribution >= 0.6 is 11.3 Å². The fraction of sp³-hybridized carbons (Fsp3) is 0.600. The van der Waals surface area contributed by atoms with E-state index in [1.54, 1.807) is 6.07 Å². The van der Waals surface area contributed by atoms with E-state index in [1.807, 2.05) is 32.2 Å². The van der Waals surface area contributed by atoms with E-state index in [2.05, 4.69) is 5.32 Å². The van der Waals surface area contributed by atoms with E-state index in [0.717, 1.165) is 6.42 Å². The Kier molecular flexibility index (Phi) is 4.18. The molecule has 1 aromatic rings. The van der Waals surface area contributed by atoms with Crippen molar-refractivity contribution in [3.05, 3.63) is 22.4 Å². The Balaban J connectivity index is 2.08. The van der Waals surface area contributed by atoms with Gasteiger partial charge in [-0.3, -0.25) is 9.59 Å². The molecule has 5 heteroatoms. The number of carbonyl (C=O) groups excluding carboxylic acids is 1. The fourth-order valence-corrected chi connectivity index (χ4v) is 3.72. The monoisotopic (exact) mass is 295 g/mol. The van der Waals surface area contributed by atoms with Gasteiger partial charge in [0.25, 0.3) is 5.91 Å². The van der Waals surface area contributed by atoms with Crippen molar-refractivity contribution in [1.82, 2.24) is 5.32 Å².